The number of rotatable bonds is 7. The summed E-state index contributed by atoms with van der Waals surface area (Å²) in [5, 5.41) is 0. The largest absolute Gasteiger partial charge is 0.497 e. The lowest BCUT2D eigenvalue weighted by Crippen LogP contribution is -2.32. The van der Waals surface area contributed by atoms with Crippen molar-refractivity contribution in [3.63, 3.8) is 0 Å². The highest BCUT2D eigenvalue weighted by Gasteiger charge is 2.33. The van der Waals surface area contributed by atoms with Crippen LogP contribution in [0.1, 0.15) is 48.7 Å². The summed E-state index contributed by atoms with van der Waals surface area (Å²) in [6, 6.07) is 11.4. The van der Waals surface area contributed by atoms with Crippen molar-refractivity contribution < 1.29 is 22.7 Å². The summed E-state index contributed by atoms with van der Waals surface area (Å²) in [5.74, 6) is 1.15. The van der Waals surface area contributed by atoms with Crippen LogP contribution in [0.3, 0.4) is 0 Å². The number of carbonyl (C=O) groups is 1. The summed E-state index contributed by atoms with van der Waals surface area (Å²) in [7, 11) is -0.493. The Labute approximate surface area is 178 Å². The van der Waals surface area contributed by atoms with Gasteiger partial charge in [-0.1, -0.05) is 6.07 Å². The number of ether oxygens (including phenoxy) is 2. The highest BCUT2D eigenvalue weighted by Crippen LogP contribution is 2.39. The Morgan fingerprint density at radius 1 is 1.13 bits per heavy atom. The molecule has 162 valence electrons. The molecular formula is C22H28N2O5S. The zero-order valence-electron chi connectivity index (χ0n) is 17.7. The van der Waals surface area contributed by atoms with Crippen LogP contribution in [-0.4, -0.2) is 46.0 Å². The number of likely N-dealkylation sites (tertiary alicyclic amines) is 1. The molecule has 0 radical (unpaired) electrons. The molecule has 1 amide bonds. The Bertz CT molecular complexity index is 1020. The van der Waals surface area contributed by atoms with E-state index in [2.05, 4.69) is 4.72 Å². The number of sulfonamides is 1. The average molecular weight is 433 g/mol. The minimum absolute atomic E-state index is 0.0832. The quantitative estimate of drug-likeness (QED) is 0.725. The van der Waals surface area contributed by atoms with Crippen molar-refractivity contribution in [1.82, 2.24) is 9.62 Å². The first kappa shape index (κ1) is 22.1. The molecule has 0 aromatic heterocycles. The van der Waals surface area contributed by atoms with Gasteiger partial charge in [-0.15, -0.1) is 0 Å². The van der Waals surface area contributed by atoms with Gasteiger partial charge >= 0.3 is 0 Å². The van der Waals surface area contributed by atoms with Gasteiger partial charge < -0.3 is 14.4 Å². The Morgan fingerprint density at radius 2 is 1.90 bits per heavy atom. The molecule has 1 aliphatic heterocycles. The number of carbonyl (C=O) groups excluding carboxylic acids is 1. The summed E-state index contributed by atoms with van der Waals surface area (Å²) in [6.07, 6.45) is 1.67. The number of hydrogen-bond donors (Lipinski definition) is 1. The van der Waals surface area contributed by atoms with Gasteiger partial charge in [0.05, 0.1) is 25.2 Å². The van der Waals surface area contributed by atoms with Crippen LogP contribution in [-0.2, 0) is 10.0 Å². The standard InChI is InChI=1S/C22H28N2O5S/c1-15(2)23-30(26,27)18-8-5-7-16(13-18)22(25)24-12-6-9-20(24)19-11-10-17(28-3)14-21(19)29-4/h5,7-8,10-11,13-15,20,23H,6,9,12H2,1-4H3/t20-/m0/s1. The van der Waals surface area contributed by atoms with E-state index >= 15 is 0 Å². The predicted molar refractivity (Wildman–Crippen MR) is 114 cm³/mol. The SMILES string of the molecule is COc1ccc([C@@H]2CCCN2C(=O)c2cccc(S(=O)(=O)NC(C)C)c2)c(OC)c1. The first-order valence-corrected chi connectivity index (χ1v) is 11.4. The Morgan fingerprint density at radius 3 is 2.57 bits per heavy atom. The van der Waals surface area contributed by atoms with Crippen LogP contribution in [0.5, 0.6) is 11.5 Å². The smallest absolute Gasteiger partial charge is 0.254 e. The van der Waals surface area contributed by atoms with Crippen molar-refractivity contribution in [3.05, 3.63) is 53.6 Å². The number of amides is 1. The molecule has 7 nitrogen and oxygen atoms in total. The van der Waals surface area contributed by atoms with E-state index in [0.29, 0.717) is 23.6 Å². The number of nitrogens with one attached hydrogen (secondary N) is 1. The molecule has 0 spiro atoms. The van der Waals surface area contributed by atoms with E-state index in [1.54, 1.807) is 51.2 Å². The lowest BCUT2D eigenvalue weighted by Gasteiger charge is -2.27. The predicted octanol–water partition coefficient (Wildman–Crippen LogP) is 3.37. The molecule has 1 atom stereocenters. The first-order valence-electron chi connectivity index (χ1n) is 9.92. The normalized spacial score (nSPS) is 16.7. The van der Waals surface area contributed by atoms with E-state index in [-0.39, 0.29) is 22.9 Å². The van der Waals surface area contributed by atoms with E-state index in [9.17, 15) is 13.2 Å². The first-order chi connectivity index (χ1) is 14.3. The highest BCUT2D eigenvalue weighted by atomic mass is 32.2. The van der Waals surface area contributed by atoms with Gasteiger partial charge in [-0.25, -0.2) is 13.1 Å². The van der Waals surface area contributed by atoms with Crippen LogP contribution >= 0.6 is 0 Å². The fourth-order valence-corrected chi connectivity index (χ4v) is 5.06. The molecule has 1 aliphatic rings. The molecule has 2 aromatic carbocycles. The Hall–Kier alpha value is -2.58. The van der Waals surface area contributed by atoms with Gasteiger partial charge in [0, 0.05) is 29.8 Å². The van der Waals surface area contributed by atoms with Gasteiger partial charge in [0.25, 0.3) is 5.91 Å². The topological polar surface area (TPSA) is 84.9 Å². The van der Waals surface area contributed by atoms with E-state index in [1.807, 2.05) is 12.1 Å². The van der Waals surface area contributed by atoms with E-state index in [0.717, 1.165) is 18.4 Å². The molecule has 1 fully saturated rings. The minimum atomic E-state index is -3.68. The molecule has 0 bridgehead atoms. The number of hydrogen-bond acceptors (Lipinski definition) is 5. The molecule has 1 heterocycles. The molecular weight excluding hydrogens is 404 g/mol. The van der Waals surface area contributed by atoms with Crippen molar-refractivity contribution in [2.45, 2.75) is 43.7 Å². The molecule has 30 heavy (non-hydrogen) atoms. The Balaban J connectivity index is 1.91. The zero-order chi connectivity index (χ0) is 21.9. The fourth-order valence-electron chi connectivity index (χ4n) is 3.77. The summed E-state index contributed by atoms with van der Waals surface area (Å²) >= 11 is 0. The summed E-state index contributed by atoms with van der Waals surface area (Å²) < 4.78 is 38.4. The van der Waals surface area contributed by atoms with Gasteiger partial charge in [0.2, 0.25) is 10.0 Å². The third-order valence-electron chi connectivity index (χ3n) is 5.10. The fraction of sp³-hybridized carbons (Fsp3) is 0.409. The van der Waals surface area contributed by atoms with Crippen molar-refractivity contribution in [2.24, 2.45) is 0 Å². The maximum Gasteiger partial charge on any atom is 0.254 e. The number of benzene rings is 2. The summed E-state index contributed by atoms with van der Waals surface area (Å²) in [6.45, 7) is 4.10. The van der Waals surface area contributed by atoms with Crippen molar-refractivity contribution in [3.8, 4) is 11.5 Å². The molecule has 0 saturated carbocycles. The van der Waals surface area contributed by atoms with E-state index in [4.69, 9.17) is 9.47 Å². The van der Waals surface area contributed by atoms with E-state index in [1.165, 1.54) is 12.1 Å². The molecule has 1 saturated heterocycles. The Kier molecular flexibility index (Phi) is 6.67. The summed E-state index contributed by atoms with van der Waals surface area (Å²) in [4.78, 5) is 15.2. The maximum atomic E-state index is 13.3. The third kappa shape index (κ3) is 4.60. The van der Waals surface area contributed by atoms with Crippen LogP contribution in [0.25, 0.3) is 0 Å². The molecule has 0 aliphatic carbocycles. The second kappa shape index (κ2) is 9.06. The van der Waals surface area contributed by atoms with Gasteiger partial charge in [-0.3, -0.25) is 4.79 Å². The maximum absolute atomic E-state index is 13.3. The summed E-state index contributed by atoms with van der Waals surface area (Å²) in [5.41, 5.74) is 1.26. The van der Waals surface area contributed by atoms with Crippen LogP contribution in [0.15, 0.2) is 47.4 Å². The van der Waals surface area contributed by atoms with Crippen LogP contribution in [0.4, 0.5) is 0 Å². The van der Waals surface area contributed by atoms with Gasteiger partial charge in [0.1, 0.15) is 11.5 Å². The number of methoxy groups -OCH3 is 2. The van der Waals surface area contributed by atoms with Crippen LogP contribution in [0.2, 0.25) is 0 Å². The minimum Gasteiger partial charge on any atom is -0.497 e. The lowest BCUT2D eigenvalue weighted by molar-refractivity contribution is 0.0734. The van der Waals surface area contributed by atoms with Gasteiger partial charge in [-0.05, 0) is 57.0 Å². The van der Waals surface area contributed by atoms with Crippen molar-refractivity contribution >= 4 is 15.9 Å². The van der Waals surface area contributed by atoms with Crippen LogP contribution < -0.4 is 14.2 Å². The second-order valence-corrected chi connectivity index (χ2v) is 9.28. The molecule has 2 aromatic rings. The van der Waals surface area contributed by atoms with Crippen molar-refractivity contribution in [1.29, 1.82) is 0 Å². The second-order valence-electron chi connectivity index (χ2n) is 7.57. The lowest BCUT2D eigenvalue weighted by atomic mass is 10.0. The molecule has 0 unspecified atom stereocenters. The van der Waals surface area contributed by atoms with Crippen molar-refractivity contribution in [2.75, 3.05) is 20.8 Å². The van der Waals surface area contributed by atoms with Gasteiger partial charge in [0.15, 0.2) is 0 Å². The van der Waals surface area contributed by atoms with Crippen LogP contribution in [0, 0.1) is 0 Å². The number of nitrogens with zero attached hydrogens (tertiary/aromatic N) is 1. The highest BCUT2D eigenvalue weighted by molar-refractivity contribution is 7.89. The van der Waals surface area contributed by atoms with E-state index < -0.39 is 10.0 Å². The molecule has 8 heteroatoms. The molecule has 1 N–H and O–H groups in total. The molecule has 3 rings (SSSR count). The zero-order valence-corrected chi connectivity index (χ0v) is 18.5. The monoisotopic (exact) mass is 432 g/mol. The van der Waals surface area contributed by atoms with Gasteiger partial charge in [-0.2, -0.15) is 0 Å². The average Bonchev–Trinajstić information content (AvgIpc) is 3.21. The third-order valence-corrected chi connectivity index (χ3v) is 6.75.